The highest BCUT2D eigenvalue weighted by atomic mass is 19.3. The number of carboxylic acid groups (broad SMARTS) is 1. The molecule has 0 aliphatic heterocycles. The fourth-order valence-corrected chi connectivity index (χ4v) is 1.11. The minimum atomic E-state index is -4.05. The van der Waals surface area contributed by atoms with Crippen LogP contribution >= 0.6 is 0 Å². The van der Waals surface area contributed by atoms with Crippen molar-refractivity contribution in [1.82, 2.24) is 5.32 Å². The molecule has 0 bridgehead atoms. The lowest BCUT2D eigenvalue weighted by Gasteiger charge is -2.27. The molecule has 1 amide bonds. The van der Waals surface area contributed by atoms with Crippen molar-refractivity contribution >= 4 is 12.1 Å². The first kappa shape index (κ1) is 15.3. The van der Waals surface area contributed by atoms with Gasteiger partial charge in [0.25, 0.3) is 0 Å². The van der Waals surface area contributed by atoms with Crippen molar-refractivity contribution in [3.05, 3.63) is 12.7 Å². The maximum absolute atomic E-state index is 13.3. The Labute approximate surface area is 97.4 Å². The average molecular weight is 251 g/mol. The van der Waals surface area contributed by atoms with Crippen LogP contribution in [0.25, 0.3) is 0 Å². The van der Waals surface area contributed by atoms with E-state index in [0.717, 1.165) is 0 Å². The first-order chi connectivity index (χ1) is 7.73. The van der Waals surface area contributed by atoms with Crippen molar-refractivity contribution in [3.8, 4) is 0 Å². The molecule has 0 aromatic heterocycles. The molecule has 1 atom stereocenters. The molecular weight excluding hydrogens is 236 g/mol. The van der Waals surface area contributed by atoms with Gasteiger partial charge in [-0.25, -0.2) is 9.59 Å². The number of aliphatic carboxylic acids is 1. The van der Waals surface area contributed by atoms with Crippen molar-refractivity contribution in [2.45, 2.75) is 25.8 Å². The Kier molecular flexibility index (Phi) is 5.57. The minimum absolute atomic E-state index is 0.144. The Morgan fingerprint density at radius 1 is 1.53 bits per heavy atom. The second kappa shape index (κ2) is 6.17. The van der Waals surface area contributed by atoms with E-state index in [1.54, 1.807) is 0 Å². The van der Waals surface area contributed by atoms with Gasteiger partial charge in [-0.2, -0.15) is 8.78 Å². The molecule has 0 aliphatic carbocycles. The molecule has 5 nitrogen and oxygen atoms in total. The van der Waals surface area contributed by atoms with Crippen LogP contribution in [-0.2, 0) is 9.53 Å². The summed E-state index contributed by atoms with van der Waals surface area (Å²) < 4.78 is 31.0. The van der Waals surface area contributed by atoms with Crippen LogP contribution in [0.15, 0.2) is 12.7 Å². The predicted molar refractivity (Wildman–Crippen MR) is 55.9 cm³/mol. The average Bonchev–Trinajstić information content (AvgIpc) is 2.21. The molecular formula is C10H15F2NO4. The van der Waals surface area contributed by atoms with Gasteiger partial charge in [-0.05, 0) is 5.92 Å². The van der Waals surface area contributed by atoms with Crippen LogP contribution in [0.2, 0.25) is 0 Å². The maximum atomic E-state index is 13.3. The summed E-state index contributed by atoms with van der Waals surface area (Å²) in [4.78, 5) is 21.5. The predicted octanol–water partition coefficient (Wildman–Crippen LogP) is 1.64. The van der Waals surface area contributed by atoms with Gasteiger partial charge in [0.05, 0.1) is 0 Å². The second-order valence-corrected chi connectivity index (χ2v) is 3.68. The molecule has 0 aliphatic rings. The monoisotopic (exact) mass is 251 g/mol. The van der Waals surface area contributed by atoms with Gasteiger partial charge in [0, 0.05) is 0 Å². The number of carbonyl (C=O) groups is 2. The number of ether oxygens (including phenoxy) is 1. The highest BCUT2D eigenvalue weighted by Crippen LogP contribution is 2.24. The normalized spacial score (nSPS) is 13.0. The zero-order chi connectivity index (χ0) is 13.6. The van der Waals surface area contributed by atoms with Gasteiger partial charge in [-0.1, -0.05) is 26.5 Å². The van der Waals surface area contributed by atoms with Crippen LogP contribution in [0.4, 0.5) is 13.6 Å². The zero-order valence-corrected chi connectivity index (χ0v) is 9.57. The SMILES string of the molecule is C=CCOC(=O)NC(C(C)C)C(F)(F)C(=O)O. The molecule has 0 radical (unpaired) electrons. The molecule has 7 heteroatoms. The van der Waals surface area contributed by atoms with E-state index in [9.17, 15) is 18.4 Å². The van der Waals surface area contributed by atoms with Crippen molar-refractivity contribution in [3.63, 3.8) is 0 Å². The molecule has 2 N–H and O–H groups in total. The van der Waals surface area contributed by atoms with E-state index in [2.05, 4.69) is 11.3 Å². The van der Waals surface area contributed by atoms with Gasteiger partial charge in [-0.3, -0.25) is 0 Å². The molecule has 0 fully saturated rings. The van der Waals surface area contributed by atoms with Crippen molar-refractivity contribution in [2.24, 2.45) is 5.92 Å². The number of carbonyl (C=O) groups excluding carboxylic acids is 1. The van der Waals surface area contributed by atoms with E-state index in [4.69, 9.17) is 5.11 Å². The quantitative estimate of drug-likeness (QED) is 0.704. The lowest BCUT2D eigenvalue weighted by atomic mass is 9.98. The van der Waals surface area contributed by atoms with Crippen LogP contribution in [0.5, 0.6) is 0 Å². The fraction of sp³-hybridized carbons (Fsp3) is 0.600. The molecule has 1 unspecified atom stereocenters. The standard InChI is InChI=1S/C10H15F2NO4/c1-4-5-17-9(16)13-7(6(2)3)10(11,12)8(14)15/h4,6-7H,1,5H2,2-3H3,(H,13,16)(H,14,15). The number of nitrogens with one attached hydrogen (secondary N) is 1. The number of hydrogen-bond donors (Lipinski definition) is 2. The summed E-state index contributed by atoms with van der Waals surface area (Å²) in [5.74, 6) is -7.11. The summed E-state index contributed by atoms with van der Waals surface area (Å²) in [5.41, 5.74) is 0. The van der Waals surface area contributed by atoms with Gasteiger partial charge in [-0.15, -0.1) is 0 Å². The van der Waals surface area contributed by atoms with Crippen LogP contribution < -0.4 is 5.32 Å². The smallest absolute Gasteiger partial charge is 0.407 e. The summed E-state index contributed by atoms with van der Waals surface area (Å²) >= 11 is 0. The molecule has 0 spiro atoms. The van der Waals surface area contributed by atoms with E-state index in [-0.39, 0.29) is 6.61 Å². The third kappa shape index (κ3) is 4.38. The Bertz CT molecular complexity index is 305. The molecule has 98 valence electrons. The van der Waals surface area contributed by atoms with Gasteiger partial charge < -0.3 is 15.2 Å². The van der Waals surface area contributed by atoms with Crippen LogP contribution in [0.1, 0.15) is 13.8 Å². The minimum Gasteiger partial charge on any atom is -0.477 e. The molecule has 0 heterocycles. The van der Waals surface area contributed by atoms with Crippen molar-refractivity contribution in [2.75, 3.05) is 6.61 Å². The lowest BCUT2D eigenvalue weighted by Crippen LogP contribution is -2.54. The zero-order valence-electron chi connectivity index (χ0n) is 9.57. The number of rotatable bonds is 6. The fourth-order valence-electron chi connectivity index (χ4n) is 1.11. The number of carboxylic acids is 1. The first-order valence-corrected chi connectivity index (χ1v) is 4.88. The van der Waals surface area contributed by atoms with E-state index in [1.165, 1.54) is 19.9 Å². The topological polar surface area (TPSA) is 75.6 Å². The van der Waals surface area contributed by atoms with Gasteiger partial charge in [0.2, 0.25) is 0 Å². The second-order valence-electron chi connectivity index (χ2n) is 3.68. The molecule has 0 aromatic carbocycles. The molecule has 0 saturated heterocycles. The van der Waals surface area contributed by atoms with Crippen molar-refractivity contribution in [1.29, 1.82) is 0 Å². The molecule has 0 rings (SSSR count). The van der Waals surface area contributed by atoms with Gasteiger partial charge >= 0.3 is 18.0 Å². The highest BCUT2D eigenvalue weighted by molar-refractivity contribution is 5.78. The van der Waals surface area contributed by atoms with Crippen LogP contribution in [0.3, 0.4) is 0 Å². The van der Waals surface area contributed by atoms with E-state index < -0.39 is 29.9 Å². The largest absolute Gasteiger partial charge is 0.477 e. The lowest BCUT2D eigenvalue weighted by molar-refractivity contribution is -0.170. The van der Waals surface area contributed by atoms with Gasteiger partial charge in [0.15, 0.2) is 0 Å². The summed E-state index contributed by atoms with van der Waals surface area (Å²) in [6.07, 6.45) is 0.156. The Morgan fingerprint density at radius 3 is 2.41 bits per heavy atom. The summed E-state index contributed by atoms with van der Waals surface area (Å²) in [6, 6.07) is -1.84. The van der Waals surface area contributed by atoms with E-state index >= 15 is 0 Å². The number of alkyl carbamates (subject to hydrolysis) is 1. The van der Waals surface area contributed by atoms with Crippen LogP contribution in [0, 0.1) is 5.92 Å². The molecule has 17 heavy (non-hydrogen) atoms. The molecule has 0 saturated carbocycles. The Balaban J connectivity index is 4.71. The maximum Gasteiger partial charge on any atom is 0.407 e. The number of hydrogen-bond acceptors (Lipinski definition) is 3. The third-order valence-electron chi connectivity index (χ3n) is 1.95. The Morgan fingerprint density at radius 2 is 2.06 bits per heavy atom. The van der Waals surface area contributed by atoms with Crippen molar-refractivity contribution < 1.29 is 28.2 Å². The summed E-state index contributed by atoms with van der Waals surface area (Å²) in [5, 5.41) is 10.2. The highest BCUT2D eigenvalue weighted by Gasteiger charge is 2.49. The molecule has 0 aromatic rings. The summed E-state index contributed by atoms with van der Waals surface area (Å²) in [7, 11) is 0. The first-order valence-electron chi connectivity index (χ1n) is 4.88. The number of amides is 1. The van der Waals surface area contributed by atoms with Crippen LogP contribution in [-0.4, -0.2) is 35.7 Å². The van der Waals surface area contributed by atoms with E-state index in [1.807, 2.05) is 5.32 Å². The van der Waals surface area contributed by atoms with E-state index in [0.29, 0.717) is 0 Å². The third-order valence-corrected chi connectivity index (χ3v) is 1.95. The van der Waals surface area contributed by atoms with Gasteiger partial charge in [0.1, 0.15) is 12.6 Å². The number of alkyl halides is 2. The number of halogens is 2. The Hall–Kier alpha value is -1.66. The summed E-state index contributed by atoms with van der Waals surface area (Å²) in [6.45, 7) is 5.87.